The van der Waals surface area contributed by atoms with E-state index < -0.39 is 0 Å². The van der Waals surface area contributed by atoms with Gasteiger partial charge in [0.25, 0.3) is 0 Å². The van der Waals surface area contributed by atoms with Gasteiger partial charge in [-0.05, 0) is 87.6 Å². The number of halogens is 1. The van der Waals surface area contributed by atoms with E-state index in [1.165, 1.54) is 12.8 Å². The fourth-order valence-corrected chi connectivity index (χ4v) is 7.11. The molecular weight excluding hydrogens is 438 g/mol. The summed E-state index contributed by atoms with van der Waals surface area (Å²) in [6, 6.07) is 0. The second kappa shape index (κ2) is 12.1. The van der Waals surface area contributed by atoms with Crippen molar-refractivity contribution < 1.29 is 9.53 Å². The molecule has 0 aromatic rings. The summed E-state index contributed by atoms with van der Waals surface area (Å²) in [5, 5.41) is 13.8. The topological polar surface area (TPSA) is 86.8 Å². The number of piperidine rings is 1. The van der Waals surface area contributed by atoms with Crippen molar-refractivity contribution >= 4 is 23.5 Å². The van der Waals surface area contributed by atoms with Gasteiger partial charge in [0.1, 0.15) is 0 Å². The molecule has 4 rings (SSSR count). The Kier molecular flexibility index (Phi) is 9.17. The predicted octanol–water partition coefficient (Wildman–Crippen LogP) is 2.35. The van der Waals surface area contributed by atoms with Crippen LogP contribution in [0.3, 0.4) is 0 Å². The average Bonchev–Trinajstić information content (AvgIpc) is 3.35. The molecule has 7 nitrogen and oxygen atoms in total. The number of nitrogens with one attached hydrogen (secondary N) is 4. The number of alkyl halides is 1. The lowest BCUT2D eigenvalue weighted by Gasteiger charge is -2.42. The highest BCUT2D eigenvalue weighted by Gasteiger charge is 2.39. The maximum Gasteiger partial charge on any atom is 0.223 e. The quantitative estimate of drug-likeness (QED) is 0.419. The molecule has 0 bridgehead atoms. The zero-order valence-electron chi connectivity index (χ0n) is 20.5. The van der Waals surface area contributed by atoms with Crippen molar-refractivity contribution in [3.63, 3.8) is 0 Å². The van der Waals surface area contributed by atoms with Crippen LogP contribution < -0.4 is 21.3 Å². The van der Waals surface area contributed by atoms with Gasteiger partial charge in [-0.15, -0.1) is 11.6 Å². The maximum absolute atomic E-state index is 13.3. The number of rotatable bonds is 7. The molecule has 188 valence electrons. The average molecular weight is 482 g/mol. The Morgan fingerprint density at radius 2 is 2.00 bits per heavy atom. The SMILES string of the molecule is COC1CCC(CNC(=O)C2CC(CNC3=NCCN3)CC(C3CNCCC3C)C2)CC1Cl. The van der Waals surface area contributed by atoms with Crippen LogP contribution >= 0.6 is 11.6 Å². The van der Waals surface area contributed by atoms with Gasteiger partial charge in [0.05, 0.1) is 18.0 Å². The van der Waals surface area contributed by atoms with Crippen LogP contribution in [0.2, 0.25) is 0 Å². The molecule has 2 aliphatic heterocycles. The molecule has 0 spiro atoms. The number of ether oxygens (including phenoxy) is 1. The number of amides is 1. The molecule has 1 saturated heterocycles. The summed E-state index contributed by atoms with van der Waals surface area (Å²) >= 11 is 6.50. The lowest BCUT2D eigenvalue weighted by atomic mass is 9.66. The number of carbonyl (C=O) groups excluding carboxylic acids is 1. The van der Waals surface area contributed by atoms with Crippen molar-refractivity contribution in [3.05, 3.63) is 0 Å². The second-order valence-electron chi connectivity index (χ2n) is 10.9. The van der Waals surface area contributed by atoms with Gasteiger partial charge in [0.15, 0.2) is 5.96 Å². The molecule has 3 fully saturated rings. The summed E-state index contributed by atoms with van der Waals surface area (Å²) in [5.74, 6) is 4.23. The van der Waals surface area contributed by atoms with Crippen LogP contribution in [0.1, 0.15) is 51.9 Å². The first kappa shape index (κ1) is 25.1. The number of hydrogen-bond acceptors (Lipinski definition) is 6. The summed E-state index contributed by atoms with van der Waals surface area (Å²) in [6.45, 7) is 8.02. The van der Waals surface area contributed by atoms with Crippen molar-refractivity contribution in [1.29, 1.82) is 0 Å². The van der Waals surface area contributed by atoms with Crippen molar-refractivity contribution in [1.82, 2.24) is 21.3 Å². The highest BCUT2D eigenvalue weighted by atomic mass is 35.5. The van der Waals surface area contributed by atoms with E-state index in [9.17, 15) is 4.79 Å². The Hall–Kier alpha value is -1.05. The number of nitrogens with zero attached hydrogens (tertiary/aromatic N) is 1. The number of carbonyl (C=O) groups is 1. The van der Waals surface area contributed by atoms with Gasteiger partial charge >= 0.3 is 0 Å². The normalized spacial score (nSPS) is 39.4. The molecule has 4 N–H and O–H groups in total. The molecule has 0 aromatic heterocycles. The lowest BCUT2D eigenvalue weighted by Crippen LogP contribution is -2.47. The van der Waals surface area contributed by atoms with Gasteiger partial charge in [-0.1, -0.05) is 6.92 Å². The predicted molar refractivity (Wildman–Crippen MR) is 134 cm³/mol. The maximum atomic E-state index is 13.3. The largest absolute Gasteiger partial charge is 0.380 e. The first-order chi connectivity index (χ1) is 16.0. The van der Waals surface area contributed by atoms with Gasteiger partial charge in [-0.25, -0.2) is 0 Å². The van der Waals surface area contributed by atoms with Crippen LogP contribution in [0, 0.1) is 35.5 Å². The summed E-state index contributed by atoms with van der Waals surface area (Å²) in [4.78, 5) is 17.8. The summed E-state index contributed by atoms with van der Waals surface area (Å²) < 4.78 is 5.48. The van der Waals surface area contributed by atoms with Crippen molar-refractivity contribution in [3.8, 4) is 0 Å². The van der Waals surface area contributed by atoms with E-state index in [0.29, 0.717) is 23.7 Å². The molecule has 8 heteroatoms. The molecule has 0 radical (unpaired) electrons. The monoisotopic (exact) mass is 481 g/mol. The van der Waals surface area contributed by atoms with E-state index in [1.807, 2.05) is 0 Å². The third-order valence-corrected chi connectivity index (χ3v) is 9.09. The summed E-state index contributed by atoms with van der Waals surface area (Å²) in [7, 11) is 1.74. The number of guanidine groups is 1. The molecule has 2 saturated carbocycles. The van der Waals surface area contributed by atoms with E-state index in [1.54, 1.807) is 7.11 Å². The Bertz CT molecular complexity index is 677. The molecule has 2 heterocycles. The van der Waals surface area contributed by atoms with Crippen LogP contribution in [0.4, 0.5) is 0 Å². The molecule has 8 unspecified atom stereocenters. The van der Waals surface area contributed by atoms with Crippen LogP contribution in [0.15, 0.2) is 4.99 Å². The summed E-state index contributed by atoms with van der Waals surface area (Å²) in [6.07, 6.45) is 7.55. The van der Waals surface area contributed by atoms with Crippen LogP contribution in [0.5, 0.6) is 0 Å². The number of hydrogen-bond donors (Lipinski definition) is 4. The molecule has 0 aromatic carbocycles. The van der Waals surface area contributed by atoms with Crippen LogP contribution in [-0.4, -0.2) is 69.7 Å². The molecular formula is C25H44ClN5O2. The van der Waals surface area contributed by atoms with Crippen molar-refractivity contribution in [2.75, 3.05) is 46.4 Å². The zero-order valence-corrected chi connectivity index (χ0v) is 21.2. The Morgan fingerprint density at radius 3 is 2.73 bits per heavy atom. The smallest absolute Gasteiger partial charge is 0.223 e. The third kappa shape index (κ3) is 6.76. The fourth-order valence-electron chi connectivity index (χ4n) is 6.63. The van der Waals surface area contributed by atoms with Gasteiger partial charge in [-0.3, -0.25) is 9.79 Å². The highest BCUT2D eigenvalue weighted by Crippen LogP contribution is 2.41. The molecule has 4 aliphatic rings. The van der Waals surface area contributed by atoms with Crippen molar-refractivity contribution in [2.45, 2.75) is 63.4 Å². The molecule has 33 heavy (non-hydrogen) atoms. The van der Waals surface area contributed by atoms with Crippen LogP contribution in [-0.2, 0) is 9.53 Å². The van der Waals surface area contributed by atoms with E-state index in [4.69, 9.17) is 16.3 Å². The highest BCUT2D eigenvalue weighted by molar-refractivity contribution is 6.21. The first-order valence-electron chi connectivity index (χ1n) is 13.2. The minimum atomic E-state index is 0.0487. The van der Waals surface area contributed by atoms with Gasteiger partial charge < -0.3 is 26.0 Å². The Labute approximate surface area is 204 Å². The van der Waals surface area contributed by atoms with E-state index in [2.05, 4.69) is 33.2 Å². The number of aliphatic imine (C=N–C) groups is 1. The minimum absolute atomic E-state index is 0.0487. The van der Waals surface area contributed by atoms with Gasteiger partial charge in [0, 0.05) is 32.7 Å². The zero-order chi connectivity index (χ0) is 23.2. The first-order valence-corrected chi connectivity index (χ1v) is 13.6. The second-order valence-corrected chi connectivity index (χ2v) is 11.5. The van der Waals surface area contributed by atoms with Gasteiger partial charge in [-0.2, -0.15) is 0 Å². The van der Waals surface area contributed by atoms with Crippen molar-refractivity contribution in [2.24, 2.45) is 40.5 Å². The summed E-state index contributed by atoms with van der Waals surface area (Å²) in [5.41, 5.74) is 0. The minimum Gasteiger partial charge on any atom is -0.380 e. The van der Waals surface area contributed by atoms with Gasteiger partial charge in [0.2, 0.25) is 5.91 Å². The fraction of sp³-hybridized carbons (Fsp3) is 0.920. The van der Waals surface area contributed by atoms with Crippen LogP contribution in [0.25, 0.3) is 0 Å². The number of methoxy groups -OCH3 is 1. The van der Waals surface area contributed by atoms with E-state index in [-0.39, 0.29) is 23.3 Å². The third-order valence-electron chi connectivity index (χ3n) is 8.63. The molecule has 8 atom stereocenters. The molecule has 1 amide bonds. The lowest BCUT2D eigenvalue weighted by molar-refractivity contribution is -0.127. The van der Waals surface area contributed by atoms with E-state index in [0.717, 1.165) is 83.3 Å². The van der Waals surface area contributed by atoms with E-state index >= 15 is 0 Å². The molecule has 2 aliphatic carbocycles. The Morgan fingerprint density at radius 1 is 1.12 bits per heavy atom. The standard InChI is InChI=1S/C25H44ClN5O2/c1-16-5-6-27-15-21(16)19-9-18(14-31-25-28-7-8-29-25)10-20(12-19)24(32)30-13-17-3-4-23(33-2)22(26)11-17/h16-23,27H,3-15H2,1-2H3,(H,30,32)(H2,28,29,31). The Balaban J connectivity index is 1.33.